The van der Waals surface area contributed by atoms with Crippen molar-refractivity contribution in [2.24, 2.45) is 29.4 Å². The normalized spacial score (nSPS) is 23.7. The van der Waals surface area contributed by atoms with E-state index in [-0.39, 0.29) is 29.1 Å². The summed E-state index contributed by atoms with van der Waals surface area (Å²) in [5, 5.41) is 17.3. The topological polar surface area (TPSA) is 106 Å². The van der Waals surface area contributed by atoms with Gasteiger partial charge < -0.3 is 15.8 Å². The lowest BCUT2D eigenvalue weighted by molar-refractivity contribution is -0.274. The summed E-state index contributed by atoms with van der Waals surface area (Å²) in [5.41, 5.74) is 6.10. The SMILES string of the molecule is C[C@H](C[C@@H]1CC[C@H](n2cc(C(N)=O)c(Nc3ccc(OC(F)(F)F)cc3)n2)[C@@H](C#N)C1)C1CC1. The monoisotopic (exact) mass is 475 g/mol. The summed E-state index contributed by atoms with van der Waals surface area (Å²) in [4.78, 5) is 12.0. The predicted molar refractivity (Wildman–Crippen MR) is 119 cm³/mol. The van der Waals surface area contributed by atoms with Crippen molar-refractivity contribution in [1.82, 2.24) is 9.78 Å². The first-order valence-electron chi connectivity index (χ1n) is 11.5. The van der Waals surface area contributed by atoms with Crippen LogP contribution in [0.25, 0.3) is 0 Å². The third kappa shape index (κ3) is 5.82. The first-order valence-corrected chi connectivity index (χ1v) is 11.5. The van der Waals surface area contributed by atoms with Crippen molar-refractivity contribution in [2.45, 2.75) is 57.9 Å². The highest BCUT2D eigenvalue weighted by atomic mass is 19.4. The van der Waals surface area contributed by atoms with Crippen LogP contribution in [0.2, 0.25) is 0 Å². The summed E-state index contributed by atoms with van der Waals surface area (Å²) < 4.78 is 42.6. The minimum atomic E-state index is -4.78. The van der Waals surface area contributed by atoms with E-state index in [2.05, 4.69) is 28.1 Å². The van der Waals surface area contributed by atoms with E-state index < -0.39 is 12.3 Å². The second kappa shape index (κ2) is 9.57. The molecule has 1 heterocycles. The molecule has 4 atom stereocenters. The lowest BCUT2D eigenvalue weighted by Gasteiger charge is -2.33. The lowest BCUT2D eigenvalue weighted by Crippen LogP contribution is -2.28. The number of benzene rings is 1. The van der Waals surface area contributed by atoms with Crippen LogP contribution in [-0.4, -0.2) is 22.1 Å². The lowest BCUT2D eigenvalue weighted by atomic mass is 9.75. The summed E-state index contributed by atoms with van der Waals surface area (Å²) in [6.45, 7) is 2.30. The quantitative estimate of drug-likeness (QED) is 0.521. The van der Waals surface area contributed by atoms with Crippen molar-refractivity contribution in [3.05, 3.63) is 36.0 Å². The van der Waals surface area contributed by atoms with Crippen LogP contribution in [0.1, 0.15) is 61.8 Å². The van der Waals surface area contributed by atoms with Gasteiger partial charge in [-0.05, 0) is 80.5 Å². The van der Waals surface area contributed by atoms with Crippen molar-refractivity contribution in [3.8, 4) is 11.8 Å². The summed E-state index contributed by atoms with van der Waals surface area (Å²) in [7, 11) is 0. The number of halogens is 3. The highest BCUT2D eigenvalue weighted by Gasteiger charge is 2.36. The molecule has 2 aromatic rings. The number of nitrogens with two attached hydrogens (primary N) is 1. The van der Waals surface area contributed by atoms with Gasteiger partial charge in [0, 0.05) is 11.9 Å². The number of ether oxygens (including phenoxy) is 1. The van der Waals surface area contributed by atoms with Gasteiger partial charge >= 0.3 is 6.36 Å². The number of anilines is 2. The van der Waals surface area contributed by atoms with Crippen molar-refractivity contribution in [3.63, 3.8) is 0 Å². The molecule has 2 aliphatic rings. The zero-order valence-corrected chi connectivity index (χ0v) is 18.9. The van der Waals surface area contributed by atoms with Crippen molar-refractivity contribution < 1.29 is 22.7 Å². The molecule has 0 saturated heterocycles. The Morgan fingerprint density at radius 2 is 2.00 bits per heavy atom. The number of alkyl halides is 3. The van der Waals surface area contributed by atoms with Gasteiger partial charge in [-0.3, -0.25) is 9.48 Å². The first kappa shape index (κ1) is 23.9. The second-order valence-corrected chi connectivity index (χ2v) is 9.47. The van der Waals surface area contributed by atoms with Gasteiger partial charge in [0.05, 0.1) is 18.0 Å². The van der Waals surface area contributed by atoms with Crippen LogP contribution in [0.3, 0.4) is 0 Å². The average molecular weight is 476 g/mol. The molecule has 7 nitrogen and oxygen atoms in total. The molecule has 0 unspecified atom stereocenters. The number of nitrogens with one attached hydrogen (secondary N) is 1. The Labute approximate surface area is 196 Å². The van der Waals surface area contributed by atoms with Gasteiger partial charge in [0.2, 0.25) is 0 Å². The molecular formula is C24H28F3N5O2. The zero-order valence-electron chi connectivity index (χ0n) is 18.9. The number of aromatic nitrogens is 2. The predicted octanol–water partition coefficient (Wildman–Crippen LogP) is 5.54. The number of carbonyl (C=O) groups is 1. The fourth-order valence-corrected chi connectivity index (χ4v) is 5.01. The minimum Gasteiger partial charge on any atom is -0.406 e. The Kier molecular flexibility index (Phi) is 6.73. The maximum atomic E-state index is 12.4. The molecule has 2 aliphatic carbocycles. The fraction of sp³-hybridized carbons (Fsp3) is 0.542. The van der Waals surface area contributed by atoms with Gasteiger partial charge in [0.15, 0.2) is 5.82 Å². The number of hydrogen-bond donors (Lipinski definition) is 2. The molecule has 2 fully saturated rings. The van der Waals surface area contributed by atoms with Gasteiger partial charge in [-0.25, -0.2) is 0 Å². The Morgan fingerprint density at radius 3 is 2.59 bits per heavy atom. The molecule has 3 N–H and O–H groups in total. The van der Waals surface area contributed by atoms with Crippen molar-refractivity contribution in [2.75, 3.05) is 5.32 Å². The Bertz CT molecular complexity index is 1060. The summed E-state index contributed by atoms with van der Waals surface area (Å²) >= 11 is 0. The first-order chi connectivity index (χ1) is 16.1. The molecule has 0 spiro atoms. The molecule has 0 aliphatic heterocycles. The van der Waals surface area contributed by atoms with E-state index in [1.54, 1.807) is 10.9 Å². The highest BCUT2D eigenvalue weighted by molar-refractivity contribution is 5.98. The molecule has 4 rings (SSSR count). The molecule has 10 heteroatoms. The highest BCUT2D eigenvalue weighted by Crippen LogP contribution is 2.44. The van der Waals surface area contributed by atoms with Crippen LogP contribution in [0, 0.1) is 35.0 Å². The van der Waals surface area contributed by atoms with Gasteiger partial charge in [0.1, 0.15) is 11.3 Å². The molecule has 0 radical (unpaired) electrons. The van der Waals surface area contributed by atoms with Crippen LogP contribution < -0.4 is 15.8 Å². The number of nitrogens with zero attached hydrogens (tertiary/aromatic N) is 3. The number of hydrogen-bond acceptors (Lipinski definition) is 5. The molecule has 2 saturated carbocycles. The molecule has 1 aromatic carbocycles. The molecular weight excluding hydrogens is 447 g/mol. The van der Waals surface area contributed by atoms with E-state index in [9.17, 15) is 23.2 Å². The standard InChI is InChI=1S/C24H28F3N5O2/c1-14(16-3-4-16)10-15-2-9-21(17(11-15)12-28)32-13-20(22(29)33)23(31-32)30-18-5-7-19(8-6-18)34-24(25,26)27/h5-8,13-17,21H,2-4,9-11H2,1H3,(H2,29,33)(H,30,31)/t14-,15+,17-,21+/m1/s1. The molecule has 1 amide bonds. The minimum absolute atomic E-state index is 0.150. The third-order valence-electron chi connectivity index (χ3n) is 6.91. The van der Waals surface area contributed by atoms with Crippen molar-refractivity contribution >= 4 is 17.4 Å². The number of rotatable bonds is 8. The largest absolute Gasteiger partial charge is 0.573 e. The van der Waals surface area contributed by atoms with E-state index in [0.717, 1.165) is 43.7 Å². The molecule has 34 heavy (non-hydrogen) atoms. The second-order valence-electron chi connectivity index (χ2n) is 9.47. The molecule has 182 valence electrons. The van der Waals surface area contributed by atoms with Crippen LogP contribution in [-0.2, 0) is 0 Å². The van der Waals surface area contributed by atoms with Gasteiger partial charge in [0.25, 0.3) is 5.91 Å². The van der Waals surface area contributed by atoms with Crippen LogP contribution >= 0.6 is 0 Å². The Morgan fingerprint density at radius 1 is 1.29 bits per heavy atom. The number of carbonyl (C=O) groups excluding carboxylic acids is 1. The molecule has 1 aromatic heterocycles. The summed E-state index contributed by atoms with van der Waals surface area (Å²) in [6, 6.07) is 7.34. The van der Waals surface area contributed by atoms with Gasteiger partial charge in [-0.15, -0.1) is 13.2 Å². The van der Waals surface area contributed by atoms with E-state index in [1.165, 1.54) is 25.0 Å². The zero-order chi connectivity index (χ0) is 24.5. The maximum absolute atomic E-state index is 12.4. The van der Waals surface area contributed by atoms with Gasteiger partial charge in [-0.2, -0.15) is 10.4 Å². The van der Waals surface area contributed by atoms with E-state index in [1.807, 2.05) is 0 Å². The average Bonchev–Trinajstić information content (AvgIpc) is 3.54. The van der Waals surface area contributed by atoms with Crippen LogP contribution in [0.15, 0.2) is 30.5 Å². The number of amides is 1. The summed E-state index contributed by atoms with van der Waals surface area (Å²) in [6.07, 6.45) is 3.12. The Balaban J connectivity index is 1.47. The number of primary amides is 1. The Hall–Kier alpha value is -3.22. The van der Waals surface area contributed by atoms with Crippen LogP contribution in [0.4, 0.5) is 24.7 Å². The van der Waals surface area contributed by atoms with Gasteiger partial charge in [-0.1, -0.05) is 6.92 Å². The smallest absolute Gasteiger partial charge is 0.406 e. The fourth-order valence-electron chi connectivity index (χ4n) is 5.01. The molecule has 0 bridgehead atoms. The maximum Gasteiger partial charge on any atom is 0.573 e. The van der Waals surface area contributed by atoms with Crippen molar-refractivity contribution in [1.29, 1.82) is 5.26 Å². The third-order valence-corrected chi connectivity index (χ3v) is 6.91. The summed E-state index contributed by atoms with van der Waals surface area (Å²) in [5.74, 6) is 0.962. The van der Waals surface area contributed by atoms with E-state index >= 15 is 0 Å². The van der Waals surface area contributed by atoms with Crippen LogP contribution in [0.5, 0.6) is 5.75 Å². The van der Waals surface area contributed by atoms with E-state index in [4.69, 9.17) is 5.73 Å². The number of nitriles is 1. The van der Waals surface area contributed by atoms with E-state index in [0.29, 0.717) is 17.5 Å².